The predicted octanol–water partition coefficient (Wildman–Crippen LogP) is 3.35. The molecule has 4 nitrogen and oxygen atoms in total. The molecule has 1 rings (SSSR count). The third kappa shape index (κ3) is 4.22. The van der Waals surface area contributed by atoms with Gasteiger partial charge in [0.15, 0.2) is 0 Å². The number of hydrogen-bond donors (Lipinski definition) is 2. The van der Waals surface area contributed by atoms with E-state index in [0.717, 1.165) is 25.7 Å². The van der Waals surface area contributed by atoms with Crippen molar-refractivity contribution in [2.75, 3.05) is 0 Å². The van der Waals surface area contributed by atoms with Crippen LogP contribution < -0.4 is 5.32 Å². The molecule has 1 aliphatic rings. The molecule has 1 fully saturated rings. The van der Waals surface area contributed by atoms with E-state index in [4.69, 9.17) is 0 Å². The van der Waals surface area contributed by atoms with Gasteiger partial charge in [-0.2, -0.15) is 0 Å². The van der Waals surface area contributed by atoms with Crippen LogP contribution in [-0.4, -0.2) is 23.0 Å². The molecule has 0 bridgehead atoms. The Hall–Kier alpha value is -1.06. The molecule has 1 amide bonds. The molecule has 0 heterocycles. The van der Waals surface area contributed by atoms with Crippen molar-refractivity contribution in [3.8, 4) is 0 Å². The Morgan fingerprint density at radius 1 is 1.20 bits per heavy atom. The van der Waals surface area contributed by atoms with Crippen LogP contribution in [0.3, 0.4) is 0 Å². The third-order valence-corrected chi connectivity index (χ3v) is 5.03. The molecule has 1 aliphatic carbocycles. The molecule has 1 saturated carbocycles. The molecule has 116 valence electrons. The van der Waals surface area contributed by atoms with Gasteiger partial charge in [-0.15, -0.1) is 0 Å². The summed E-state index contributed by atoms with van der Waals surface area (Å²) >= 11 is 0. The summed E-state index contributed by atoms with van der Waals surface area (Å²) in [5.74, 6) is -0.249. The van der Waals surface area contributed by atoms with Gasteiger partial charge in [0.2, 0.25) is 5.91 Å². The number of carboxylic acid groups (broad SMARTS) is 1. The van der Waals surface area contributed by atoms with Crippen molar-refractivity contribution in [3.05, 3.63) is 0 Å². The second-order valence-electron chi connectivity index (χ2n) is 6.17. The topological polar surface area (TPSA) is 66.4 Å². The molecule has 2 N–H and O–H groups in total. The van der Waals surface area contributed by atoms with Crippen molar-refractivity contribution >= 4 is 11.9 Å². The first-order chi connectivity index (χ1) is 9.47. The highest BCUT2D eigenvalue weighted by atomic mass is 16.4. The minimum absolute atomic E-state index is 0.0992. The lowest BCUT2D eigenvalue weighted by molar-refractivity contribution is -0.152. The lowest BCUT2D eigenvalue weighted by atomic mass is 9.78. The van der Waals surface area contributed by atoms with E-state index in [0.29, 0.717) is 18.8 Å². The summed E-state index contributed by atoms with van der Waals surface area (Å²) in [7, 11) is 0. The SMILES string of the molecule is CCC1CCCC(NC(=O)CC(CC)(CC)C(=O)O)C1. The number of nitrogens with one attached hydrogen (secondary N) is 1. The number of carboxylic acids is 1. The van der Waals surface area contributed by atoms with Crippen LogP contribution in [0, 0.1) is 11.3 Å². The fourth-order valence-corrected chi connectivity index (χ4v) is 3.26. The van der Waals surface area contributed by atoms with Gasteiger partial charge in [0.1, 0.15) is 0 Å². The van der Waals surface area contributed by atoms with Crippen molar-refractivity contribution in [1.29, 1.82) is 0 Å². The van der Waals surface area contributed by atoms with E-state index >= 15 is 0 Å². The molecule has 2 atom stereocenters. The van der Waals surface area contributed by atoms with Crippen LogP contribution >= 0.6 is 0 Å². The highest BCUT2D eigenvalue weighted by molar-refractivity contribution is 5.85. The molecule has 0 aromatic heterocycles. The largest absolute Gasteiger partial charge is 0.481 e. The van der Waals surface area contributed by atoms with Crippen LogP contribution in [0.5, 0.6) is 0 Å². The normalized spacial score (nSPS) is 23.4. The van der Waals surface area contributed by atoms with Gasteiger partial charge < -0.3 is 10.4 Å². The zero-order chi connectivity index (χ0) is 15.2. The summed E-state index contributed by atoms with van der Waals surface area (Å²) in [6, 6.07) is 0.237. The number of rotatable bonds is 7. The van der Waals surface area contributed by atoms with E-state index in [2.05, 4.69) is 12.2 Å². The first kappa shape index (κ1) is 17.0. The Morgan fingerprint density at radius 3 is 2.35 bits per heavy atom. The smallest absolute Gasteiger partial charge is 0.310 e. The maximum Gasteiger partial charge on any atom is 0.310 e. The van der Waals surface area contributed by atoms with Crippen LogP contribution in [0.2, 0.25) is 0 Å². The van der Waals surface area contributed by atoms with E-state index in [1.54, 1.807) is 0 Å². The molecular weight excluding hydrogens is 254 g/mol. The van der Waals surface area contributed by atoms with E-state index in [1.165, 1.54) is 6.42 Å². The number of amides is 1. The Kier molecular flexibility index (Phi) is 6.50. The standard InChI is InChI=1S/C16H29NO3/c1-4-12-8-7-9-13(10-12)17-14(18)11-16(5-2,6-3)15(19)20/h12-13H,4-11H2,1-3H3,(H,17,18)(H,19,20). The second-order valence-corrected chi connectivity index (χ2v) is 6.17. The highest BCUT2D eigenvalue weighted by Crippen LogP contribution is 2.32. The van der Waals surface area contributed by atoms with Crippen LogP contribution in [-0.2, 0) is 9.59 Å². The minimum Gasteiger partial charge on any atom is -0.481 e. The summed E-state index contributed by atoms with van der Waals surface area (Å²) in [6.45, 7) is 5.88. The second kappa shape index (κ2) is 7.65. The van der Waals surface area contributed by atoms with Gasteiger partial charge in [-0.25, -0.2) is 0 Å². The third-order valence-electron chi connectivity index (χ3n) is 5.03. The summed E-state index contributed by atoms with van der Waals surface area (Å²) in [5, 5.41) is 12.4. The van der Waals surface area contributed by atoms with Gasteiger partial charge in [0, 0.05) is 12.5 Å². The summed E-state index contributed by atoms with van der Waals surface area (Å²) in [4.78, 5) is 23.6. The Balaban J connectivity index is 2.55. The van der Waals surface area contributed by atoms with Gasteiger partial charge >= 0.3 is 5.97 Å². The van der Waals surface area contributed by atoms with Gasteiger partial charge in [0.25, 0.3) is 0 Å². The molecule has 0 spiro atoms. The molecule has 0 radical (unpaired) electrons. The van der Waals surface area contributed by atoms with Gasteiger partial charge in [-0.05, 0) is 31.6 Å². The van der Waals surface area contributed by atoms with Crippen LogP contribution in [0.1, 0.15) is 72.1 Å². The molecule has 2 unspecified atom stereocenters. The fourth-order valence-electron chi connectivity index (χ4n) is 3.26. The first-order valence-electron chi connectivity index (χ1n) is 8.00. The number of aliphatic carboxylic acids is 1. The summed E-state index contributed by atoms with van der Waals surface area (Å²) in [6.07, 6.45) is 6.74. The van der Waals surface area contributed by atoms with E-state index in [9.17, 15) is 14.7 Å². The Morgan fingerprint density at radius 2 is 1.85 bits per heavy atom. The maximum atomic E-state index is 12.2. The highest BCUT2D eigenvalue weighted by Gasteiger charge is 2.37. The molecule has 0 aliphatic heterocycles. The zero-order valence-corrected chi connectivity index (χ0v) is 13.1. The molecule has 0 saturated heterocycles. The number of carbonyl (C=O) groups is 2. The molecular formula is C16H29NO3. The van der Waals surface area contributed by atoms with Crippen LogP contribution in [0.4, 0.5) is 0 Å². The van der Waals surface area contributed by atoms with Crippen molar-refractivity contribution in [1.82, 2.24) is 5.32 Å². The lowest BCUT2D eigenvalue weighted by Crippen LogP contribution is -2.42. The molecule has 0 aromatic rings. The maximum absolute atomic E-state index is 12.2. The summed E-state index contributed by atoms with van der Waals surface area (Å²) in [5.41, 5.74) is -0.900. The van der Waals surface area contributed by atoms with E-state index < -0.39 is 11.4 Å². The first-order valence-corrected chi connectivity index (χ1v) is 8.00. The average molecular weight is 283 g/mol. The molecule has 20 heavy (non-hydrogen) atoms. The predicted molar refractivity (Wildman–Crippen MR) is 79.4 cm³/mol. The van der Waals surface area contributed by atoms with Gasteiger partial charge in [-0.1, -0.05) is 40.0 Å². The zero-order valence-electron chi connectivity index (χ0n) is 13.1. The fraction of sp³-hybridized carbons (Fsp3) is 0.875. The number of carbonyl (C=O) groups excluding carboxylic acids is 1. The van der Waals surface area contributed by atoms with Crippen LogP contribution in [0.15, 0.2) is 0 Å². The van der Waals surface area contributed by atoms with Crippen molar-refractivity contribution in [2.45, 2.75) is 78.2 Å². The Labute approximate surface area is 122 Å². The monoisotopic (exact) mass is 283 g/mol. The van der Waals surface area contributed by atoms with Crippen LogP contribution in [0.25, 0.3) is 0 Å². The van der Waals surface area contributed by atoms with E-state index in [-0.39, 0.29) is 18.4 Å². The summed E-state index contributed by atoms with van der Waals surface area (Å²) < 4.78 is 0. The van der Waals surface area contributed by atoms with Gasteiger partial charge in [-0.3, -0.25) is 9.59 Å². The minimum atomic E-state index is -0.900. The van der Waals surface area contributed by atoms with Crippen molar-refractivity contribution in [3.63, 3.8) is 0 Å². The lowest BCUT2D eigenvalue weighted by Gasteiger charge is -2.31. The average Bonchev–Trinajstić information content (AvgIpc) is 2.44. The van der Waals surface area contributed by atoms with E-state index in [1.807, 2.05) is 13.8 Å². The van der Waals surface area contributed by atoms with Crippen molar-refractivity contribution < 1.29 is 14.7 Å². The molecule has 4 heteroatoms. The Bertz CT molecular complexity index is 337. The van der Waals surface area contributed by atoms with Crippen molar-refractivity contribution in [2.24, 2.45) is 11.3 Å². The molecule has 0 aromatic carbocycles. The van der Waals surface area contributed by atoms with Gasteiger partial charge in [0.05, 0.1) is 5.41 Å². The quantitative estimate of drug-likeness (QED) is 0.753. The number of hydrogen-bond acceptors (Lipinski definition) is 2.